The van der Waals surface area contributed by atoms with Gasteiger partial charge in [-0.3, -0.25) is 0 Å². The van der Waals surface area contributed by atoms with Crippen LogP contribution in [0.3, 0.4) is 0 Å². The summed E-state index contributed by atoms with van der Waals surface area (Å²) in [6.45, 7) is 3.76. The molecule has 0 bridgehead atoms. The number of hydrogen-bond donors (Lipinski definition) is 0. The van der Waals surface area contributed by atoms with E-state index in [0.717, 1.165) is 6.42 Å². The van der Waals surface area contributed by atoms with E-state index in [0.29, 0.717) is 0 Å². The molecule has 0 amide bonds. The van der Waals surface area contributed by atoms with Gasteiger partial charge in [0.1, 0.15) is 0 Å². The third-order valence-electron chi connectivity index (χ3n) is 0.605. The zero-order valence-electron chi connectivity index (χ0n) is 5.65. The van der Waals surface area contributed by atoms with Crippen LogP contribution in [0.5, 0.6) is 0 Å². The Morgan fingerprint density at radius 1 is 1.38 bits per heavy atom. The summed E-state index contributed by atoms with van der Waals surface area (Å²) in [6.07, 6.45) is 1.15. The van der Waals surface area contributed by atoms with Gasteiger partial charge in [0.25, 0.3) is 0 Å². The van der Waals surface area contributed by atoms with Gasteiger partial charge in [0.05, 0.1) is 0 Å². The van der Waals surface area contributed by atoms with Crippen LogP contribution in [-0.2, 0) is 0 Å². The van der Waals surface area contributed by atoms with E-state index in [1.165, 1.54) is 5.21 Å². The van der Waals surface area contributed by atoms with E-state index in [1.54, 1.807) is 0 Å². The zero-order valence-corrected chi connectivity index (χ0v) is 10.5. The Bertz CT molecular complexity index is 33.6. The van der Waals surface area contributed by atoms with E-state index >= 15 is 0 Å². The summed E-state index contributed by atoms with van der Waals surface area (Å²) in [4.78, 5) is 0. The fraction of sp³-hybridized carbons (Fsp3) is 0.800. The fourth-order valence-corrected chi connectivity index (χ4v) is 1.64. The topological polar surface area (TPSA) is 0 Å². The normalized spacial score (nSPS) is 7.50. The van der Waals surface area contributed by atoms with E-state index in [9.17, 15) is 0 Å². The maximum atomic E-state index is 3.76. The minimum Gasteiger partial charge on any atom is 2.00 e. The molecule has 0 rings (SSSR count). The molecule has 0 nitrogen and oxygen atoms in total. The molecular formula is C5H12AsBrMg. The van der Waals surface area contributed by atoms with Gasteiger partial charge in [-0.2, -0.15) is 0 Å². The SMILES string of the molecule is [Br-].[CH2-]CC[As](C)C.[Mg+2]. The zero-order chi connectivity index (χ0) is 4.99. The van der Waals surface area contributed by atoms with Crippen molar-refractivity contribution in [3.8, 4) is 0 Å². The molecule has 0 saturated carbocycles. The minimum absolute atomic E-state index is 0. The largest absolute Gasteiger partial charge is 2.00 e. The summed E-state index contributed by atoms with van der Waals surface area (Å²) in [5.41, 5.74) is 4.72. The predicted octanol–water partition coefficient (Wildman–Crippen LogP) is -1.41. The summed E-state index contributed by atoms with van der Waals surface area (Å²) in [6, 6.07) is 0. The van der Waals surface area contributed by atoms with E-state index in [4.69, 9.17) is 0 Å². The van der Waals surface area contributed by atoms with Crippen LogP contribution in [0.2, 0.25) is 16.6 Å². The van der Waals surface area contributed by atoms with Crippen LogP contribution in [-0.4, -0.2) is 37.7 Å². The second kappa shape index (κ2) is 11.6. The van der Waals surface area contributed by atoms with Gasteiger partial charge in [0.15, 0.2) is 0 Å². The van der Waals surface area contributed by atoms with Crippen molar-refractivity contribution in [2.75, 3.05) is 0 Å². The number of halogens is 1. The fourth-order valence-electron chi connectivity index (χ4n) is 0.316. The van der Waals surface area contributed by atoms with Crippen LogP contribution >= 0.6 is 0 Å². The molecule has 0 N–H and O–H groups in total. The van der Waals surface area contributed by atoms with Gasteiger partial charge in [-0.15, -0.1) is 0 Å². The predicted molar refractivity (Wildman–Crippen MR) is 38.0 cm³/mol. The van der Waals surface area contributed by atoms with Crippen LogP contribution in [0, 0.1) is 6.92 Å². The third-order valence-corrected chi connectivity index (χ3v) is 3.15. The van der Waals surface area contributed by atoms with E-state index in [1.807, 2.05) is 0 Å². The Labute approximate surface area is 84.0 Å². The maximum Gasteiger partial charge on any atom is 2.00 e. The first-order valence-corrected chi connectivity index (χ1v) is 7.29. The second-order valence-electron chi connectivity index (χ2n) is 1.66. The van der Waals surface area contributed by atoms with Crippen LogP contribution < -0.4 is 17.0 Å². The Morgan fingerprint density at radius 2 is 1.75 bits per heavy atom. The molecule has 0 unspecified atom stereocenters. The molecule has 0 aliphatic heterocycles. The van der Waals surface area contributed by atoms with E-state index in [2.05, 4.69) is 18.3 Å². The summed E-state index contributed by atoms with van der Waals surface area (Å²) in [7, 11) is 0. The summed E-state index contributed by atoms with van der Waals surface area (Å²) < 4.78 is 0. The quantitative estimate of drug-likeness (QED) is 0.418. The van der Waals surface area contributed by atoms with Crippen molar-refractivity contribution in [2.24, 2.45) is 0 Å². The molecule has 0 aliphatic rings. The van der Waals surface area contributed by atoms with Crippen molar-refractivity contribution in [3.63, 3.8) is 0 Å². The molecule has 0 heterocycles. The van der Waals surface area contributed by atoms with Crippen molar-refractivity contribution in [1.29, 1.82) is 0 Å². The minimum atomic E-state index is -0.286. The molecule has 0 atom stereocenters. The van der Waals surface area contributed by atoms with E-state index in [-0.39, 0.29) is 54.7 Å². The second-order valence-corrected chi connectivity index (χ2v) is 7.13. The standard InChI is InChI=1S/C5H12As.BrH.Mg/c1-4-5-6(2)3;;/h1,4-5H2,2-3H3;1H;/q-1;;+2/p-1. The molecule has 0 fully saturated rings. The smallest absolute Gasteiger partial charge is 2.00 e. The van der Waals surface area contributed by atoms with Crippen LogP contribution in [0.15, 0.2) is 0 Å². The Morgan fingerprint density at radius 3 is 1.75 bits per heavy atom. The molecule has 8 heavy (non-hydrogen) atoms. The number of hydrogen-bond acceptors (Lipinski definition) is 0. The molecule has 3 heteroatoms. The van der Waals surface area contributed by atoms with Crippen molar-refractivity contribution in [2.45, 2.75) is 23.1 Å². The molecule has 46 valence electrons. The molecule has 0 radical (unpaired) electrons. The van der Waals surface area contributed by atoms with Crippen molar-refractivity contribution < 1.29 is 17.0 Å². The molecular weight excluding hydrogens is 239 g/mol. The molecule has 0 spiro atoms. The molecule has 0 aromatic heterocycles. The monoisotopic (exact) mass is 250 g/mol. The Balaban J connectivity index is -0.000000125. The van der Waals surface area contributed by atoms with Crippen molar-refractivity contribution in [3.05, 3.63) is 6.92 Å². The first-order valence-electron chi connectivity index (χ1n) is 2.21. The van der Waals surface area contributed by atoms with Crippen LogP contribution in [0.1, 0.15) is 6.42 Å². The Kier molecular flexibility index (Phi) is 23.8. The van der Waals surface area contributed by atoms with Gasteiger partial charge < -0.3 is 17.0 Å². The first-order chi connectivity index (χ1) is 2.77. The van der Waals surface area contributed by atoms with Gasteiger partial charge in [-0.05, 0) is 0 Å². The average molecular weight is 251 g/mol. The van der Waals surface area contributed by atoms with E-state index < -0.39 is 0 Å². The van der Waals surface area contributed by atoms with Gasteiger partial charge in [0, 0.05) is 0 Å². The van der Waals surface area contributed by atoms with Gasteiger partial charge >= 0.3 is 67.7 Å². The molecule has 0 aromatic carbocycles. The number of rotatable bonds is 2. The van der Waals surface area contributed by atoms with Gasteiger partial charge in [-0.1, -0.05) is 0 Å². The van der Waals surface area contributed by atoms with Gasteiger partial charge in [0.2, 0.25) is 0 Å². The maximum absolute atomic E-state index is 3.76. The molecule has 0 aromatic rings. The molecule has 0 aliphatic carbocycles. The molecule has 0 saturated heterocycles. The van der Waals surface area contributed by atoms with Gasteiger partial charge in [-0.25, -0.2) is 0 Å². The average Bonchev–Trinajstić information content (AvgIpc) is 1.35. The van der Waals surface area contributed by atoms with Crippen LogP contribution in [0.25, 0.3) is 0 Å². The third kappa shape index (κ3) is 15.7. The Hall–Kier alpha value is 1.80. The van der Waals surface area contributed by atoms with Crippen LogP contribution in [0.4, 0.5) is 0 Å². The van der Waals surface area contributed by atoms with Crippen molar-refractivity contribution >= 4 is 37.7 Å². The van der Waals surface area contributed by atoms with Crippen molar-refractivity contribution in [1.82, 2.24) is 0 Å². The first kappa shape index (κ1) is 16.4. The summed E-state index contributed by atoms with van der Waals surface area (Å²) >= 11 is -0.286. The summed E-state index contributed by atoms with van der Waals surface area (Å²) in [5, 5.41) is 1.41. The summed E-state index contributed by atoms with van der Waals surface area (Å²) in [5.74, 6) is 0.